The van der Waals surface area contributed by atoms with Gasteiger partial charge >= 0.3 is 0 Å². The third-order valence-corrected chi connectivity index (χ3v) is 3.33. The van der Waals surface area contributed by atoms with Crippen LogP contribution in [0.5, 0.6) is 0 Å². The van der Waals surface area contributed by atoms with Crippen molar-refractivity contribution in [3.8, 4) is 11.8 Å². The maximum atomic E-state index is 3.87. The summed E-state index contributed by atoms with van der Waals surface area (Å²) >= 11 is 0. The highest BCUT2D eigenvalue weighted by Crippen LogP contribution is 2.17. The molecule has 2 radical (unpaired) electrons. The molecule has 0 fully saturated rings. The smallest absolute Gasteiger partial charge is 0.0117 e. The first kappa shape index (κ1) is 16.6. The fraction of sp³-hybridized carbons (Fsp3) is 0.765. The van der Waals surface area contributed by atoms with E-state index < -0.39 is 0 Å². The van der Waals surface area contributed by atoms with Gasteiger partial charge in [-0.05, 0) is 19.3 Å². The second kappa shape index (κ2) is 13.6. The molecule has 0 saturated heterocycles. The zero-order chi connectivity index (χ0) is 12.8. The Bertz CT molecular complexity index is 194. The van der Waals surface area contributed by atoms with E-state index in [2.05, 4.69) is 32.6 Å². The molecule has 0 heteroatoms. The Morgan fingerprint density at radius 2 is 1.53 bits per heavy atom. The second-order valence-corrected chi connectivity index (χ2v) is 4.85. The Labute approximate surface area is 110 Å². The molecule has 0 spiro atoms. The SMILES string of the molecule is [CH2]CC#CCC(CC)CCCCCCCC[CH2]. The van der Waals surface area contributed by atoms with E-state index in [1.54, 1.807) is 0 Å². The van der Waals surface area contributed by atoms with E-state index in [0.717, 1.165) is 25.2 Å². The zero-order valence-electron chi connectivity index (χ0n) is 11.8. The third-order valence-electron chi connectivity index (χ3n) is 3.33. The largest absolute Gasteiger partial charge is 0.103 e. The maximum absolute atomic E-state index is 3.87. The molecule has 0 aromatic rings. The minimum absolute atomic E-state index is 0.753. The van der Waals surface area contributed by atoms with Crippen LogP contribution in [0.15, 0.2) is 0 Å². The van der Waals surface area contributed by atoms with E-state index in [1.807, 2.05) is 0 Å². The molecule has 1 unspecified atom stereocenters. The molecular formula is C17H30. The summed E-state index contributed by atoms with van der Waals surface area (Å²) in [5.74, 6) is 7.12. The van der Waals surface area contributed by atoms with Gasteiger partial charge in [-0.15, -0.1) is 11.8 Å². The van der Waals surface area contributed by atoms with E-state index in [4.69, 9.17) is 0 Å². The summed E-state index contributed by atoms with van der Waals surface area (Å²) < 4.78 is 0. The van der Waals surface area contributed by atoms with Gasteiger partial charge in [-0.25, -0.2) is 0 Å². The molecule has 0 aliphatic heterocycles. The molecule has 0 heterocycles. The lowest BCUT2D eigenvalue weighted by atomic mass is 9.95. The molecule has 0 N–H and O–H groups in total. The van der Waals surface area contributed by atoms with Gasteiger partial charge in [-0.3, -0.25) is 0 Å². The van der Waals surface area contributed by atoms with Crippen molar-refractivity contribution in [1.82, 2.24) is 0 Å². The lowest BCUT2D eigenvalue weighted by Gasteiger charge is -2.10. The molecule has 0 amide bonds. The molecule has 1 atom stereocenters. The standard InChI is InChI=1S/C17H30/c1-4-7-9-10-11-12-14-16-17(6-3)15-13-8-5-2/h17H,1-2,4-7,9-12,14-16H2,3H3. The summed E-state index contributed by atoms with van der Waals surface area (Å²) in [7, 11) is 0. The Morgan fingerprint density at radius 1 is 0.882 bits per heavy atom. The molecule has 0 nitrogen and oxygen atoms in total. The van der Waals surface area contributed by atoms with Crippen molar-refractivity contribution in [1.29, 1.82) is 0 Å². The van der Waals surface area contributed by atoms with Gasteiger partial charge in [0.1, 0.15) is 0 Å². The molecule has 0 aliphatic carbocycles. The Kier molecular flexibility index (Phi) is 13.3. The maximum Gasteiger partial charge on any atom is 0.0117 e. The van der Waals surface area contributed by atoms with Gasteiger partial charge in [0.25, 0.3) is 0 Å². The van der Waals surface area contributed by atoms with Crippen LogP contribution in [0, 0.1) is 31.6 Å². The van der Waals surface area contributed by atoms with Gasteiger partial charge in [0, 0.05) is 12.8 Å². The first-order valence-electron chi connectivity index (χ1n) is 7.39. The van der Waals surface area contributed by atoms with E-state index in [0.29, 0.717) is 0 Å². The van der Waals surface area contributed by atoms with E-state index >= 15 is 0 Å². The van der Waals surface area contributed by atoms with E-state index in [-0.39, 0.29) is 0 Å². The van der Waals surface area contributed by atoms with Crippen LogP contribution in [-0.2, 0) is 0 Å². The van der Waals surface area contributed by atoms with Crippen molar-refractivity contribution in [3.05, 3.63) is 13.8 Å². The fourth-order valence-corrected chi connectivity index (χ4v) is 2.07. The lowest BCUT2D eigenvalue weighted by Crippen LogP contribution is -1.97. The van der Waals surface area contributed by atoms with Crippen molar-refractivity contribution in [2.75, 3.05) is 0 Å². The van der Waals surface area contributed by atoms with Crippen LogP contribution in [0.2, 0.25) is 0 Å². The quantitative estimate of drug-likeness (QED) is 0.341. The Morgan fingerprint density at radius 3 is 2.12 bits per heavy atom. The number of hydrogen-bond acceptors (Lipinski definition) is 0. The number of unbranched alkanes of at least 4 members (excludes halogenated alkanes) is 6. The van der Waals surface area contributed by atoms with Crippen LogP contribution >= 0.6 is 0 Å². The summed E-state index contributed by atoms with van der Waals surface area (Å²) in [4.78, 5) is 0. The summed E-state index contributed by atoms with van der Waals surface area (Å²) in [6.45, 7) is 9.90. The molecule has 17 heavy (non-hydrogen) atoms. The molecule has 0 saturated carbocycles. The molecule has 0 aliphatic rings. The molecule has 98 valence electrons. The minimum Gasteiger partial charge on any atom is -0.103 e. The van der Waals surface area contributed by atoms with Crippen LogP contribution in [0.3, 0.4) is 0 Å². The summed E-state index contributed by atoms with van der Waals surface area (Å²) in [5, 5.41) is 0. The fourth-order valence-electron chi connectivity index (χ4n) is 2.07. The summed E-state index contributed by atoms with van der Waals surface area (Å²) in [6.07, 6.45) is 13.8. The zero-order valence-corrected chi connectivity index (χ0v) is 11.8. The highest BCUT2D eigenvalue weighted by atomic mass is 14.1. The van der Waals surface area contributed by atoms with Crippen molar-refractivity contribution in [2.45, 2.75) is 77.6 Å². The monoisotopic (exact) mass is 234 g/mol. The molecule has 0 aromatic heterocycles. The second-order valence-electron chi connectivity index (χ2n) is 4.85. The van der Waals surface area contributed by atoms with Crippen LogP contribution in [0.1, 0.15) is 77.6 Å². The van der Waals surface area contributed by atoms with Crippen molar-refractivity contribution in [2.24, 2.45) is 5.92 Å². The number of rotatable bonds is 10. The van der Waals surface area contributed by atoms with E-state index in [9.17, 15) is 0 Å². The van der Waals surface area contributed by atoms with Crippen LogP contribution < -0.4 is 0 Å². The lowest BCUT2D eigenvalue weighted by molar-refractivity contribution is 0.446. The third kappa shape index (κ3) is 11.8. The minimum atomic E-state index is 0.753. The van der Waals surface area contributed by atoms with Crippen molar-refractivity contribution < 1.29 is 0 Å². The predicted octanol–water partition coefficient (Wildman–Crippen LogP) is 5.59. The normalized spacial score (nSPS) is 11.9. The molecule has 0 aromatic carbocycles. The topological polar surface area (TPSA) is 0 Å². The summed E-state index contributed by atoms with van der Waals surface area (Å²) in [6, 6.07) is 0. The van der Waals surface area contributed by atoms with Gasteiger partial charge in [-0.1, -0.05) is 65.2 Å². The Hall–Kier alpha value is -0.440. The first-order valence-corrected chi connectivity index (χ1v) is 7.39. The van der Waals surface area contributed by atoms with Crippen molar-refractivity contribution >= 4 is 0 Å². The molecular weight excluding hydrogens is 204 g/mol. The summed E-state index contributed by atoms with van der Waals surface area (Å²) in [5.41, 5.74) is 0. The van der Waals surface area contributed by atoms with Gasteiger partial charge in [0.15, 0.2) is 0 Å². The highest BCUT2D eigenvalue weighted by Gasteiger charge is 2.03. The van der Waals surface area contributed by atoms with Gasteiger partial charge in [-0.2, -0.15) is 0 Å². The van der Waals surface area contributed by atoms with Gasteiger partial charge < -0.3 is 0 Å². The number of hydrogen-bond donors (Lipinski definition) is 0. The van der Waals surface area contributed by atoms with Crippen LogP contribution in [0.4, 0.5) is 0 Å². The average Bonchev–Trinajstić information content (AvgIpc) is 2.35. The van der Waals surface area contributed by atoms with Crippen LogP contribution in [0.25, 0.3) is 0 Å². The highest BCUT2D eigenvalue weighted by molar-refractivity contribution is 5.00. The van der Waals surface area contributed by atoms with E-state index in [1.165, 1.54) is 51.4 Å². The molecule has 0 bridgehead atoms. The first-order chi connectivity index (χ1) is 8.35. The molecule has 0 rings (SSSR count). The Balaban J connectivity index is 3.37. The van der Waals surface area contributed by atoms with Crippen molar-refractivity contribution in [3.63, 3.8) is 0 Å². The van der Waals surface area contributed by atoms with Gasteiger partial charge in [0.2, 0.25) is 0 Å². The van der Waals surface area contributed by atoms with Gasteiger partial charge in [0.05, 0.1) is 0 Å². The average molecular weight is 234 g/mol. The predicted molar refractivity (Wildman–Crippen MR) is 78.4 cm³/mol. The van der Waals surface area contributed by atoms with Crippen LogP contribution in [-0.4, -0.2) is 0 Å².